The zero-order valence-corrected chi connectivity index (χ0v) is 24.2. The minimum absolute atomic E-state index is 0.0228. The number of aromatic nitrogens is 3. The third-order valence-electron chi connectivity index (χ3n) is 7.29. The Kier molecular flexibility index (Phi) is 7.10. The second kappa shape index (κ2) is 10.7. The van der Waals surface area contributed by atoms with E-state index in [2.05, 4.69) is 21.5 Å². The number of halogens is 5. The minimum atomic E-state index is -3.60. The predicted molar refractivity (Wildman–Crippen MR) is 160 cm³/mol. The molecule has 1 unspecified atom stereocenters. The Labute approximate surface area is 255 Å². The maximum Gasteiger partial charge on any atom is 0.318 e. The van der Waals surface area contributed by atoms with E-state index in [4.69, 9.17) is 32.5 Å². The summed E-state index contributed by atoms with van der Waals surface area (Å²) in [4.78, 5) is 13.7. The van der Waals surface area contributed by atoms with Gasteiger partial charge >= 0.3 is 6.01 Å². The van der Waals surface area contributed by atoms with Gasteiger partial charge in [-0.1, -0.05) is 30.3 Å². The molecule has 2 aromatic carbocycles. The molecule has 0 amide bonds. The fraction of sp³-hybridized carbons (Fsp3) is 0.172. The van der Waals surface area contributed by atoms with Crippen LogP contribution in [0.3, 0.4) is 0 Å². The molecule has 4 N–H and O–H groups in total. The summed E-state index contributed by atoms with van der Waals surface area (Å²) in [6.07, 6.45) is 1.83. The second-order valence-corrected chi connectivity index (χ2v) is 11.1. The number of thiophene rings is 1. The van der Waals surface area contributed by atoms with Crippen LogP contribution in [0.4, 0.5) is 34.2 Å². The number of nitrogen functional groups attached to an aromatic ring is 2. The van der Waals surface area contributed by atoms with Crippen molar-refractivity contribution in [3.8, 4) is 29.0 Å². The van der Waals surface area contributed by atoms with E-state index in [1.165, 1.54) is 36.4 Å². The van der Waals surface area contributed by atoms with Gasteiger partial charge in [0.25, 0.3) is 5.92 Å². The van der Waals surface area contributed by atoms with Gasteiger partial charge in [0.1, 0.15) is 46.7 Å². The highest BCUT2D eigenvalue weighted by Crippen LogP contribution is 2.52. The van der Waals surface area contributed by atoms with Gasteiger partial charge in [0.15, 0.2) is 11.6 Å². The van der Waals surface area contributed by atoms with E-state index < -0.39 is 23.6 Å². The Morgan fingerprint density at radius 2 is 2.02 bits per heavy atom. The van der Waals surface area contributed by atoms with Crippen molar-refractivity contribution in [1.82, 2.24) is 15.0 Å². The smallest absolute Gasteiger partial charge is 0.318 e. The van der Waals surface area contributed by atoms with Crippen LogP contribution in [0.15, 0.2) is 43.1 Å². The van der Waals surface area contributed by atoms with Crippen LogP contribution in [-0.2, 0) is 0 Å². The van der Waals surface area contributed by atoms with Crippen molar-refractivity contribution in [3.05, 3.63) is 70.9 Å². The van der Waals surface area contributed by atoms with Crippen LogP contribution in [-0.4, -0.2) is 41.1 Å². The molecule has 5 aromatic rings. The lowest BCUT2D eigenvalue weighted by atomic mass is 9.96. The standard InChI is InChI=1S/C29H20ClF4N7O2S/c1-3-29(33,34)24(13-5-4-8-38-25(13)36)41-9-10-43-22-18-21(39-28(42-2)40-27(18)41)20(32)17(19(22)30)12-6-7-15(31)23-16(12)14(11-35)26(37)44-23/h3-8,24H,1,9-10,37H2,2H3,(H2,36,38). The van der Waals surface area contributed by atoms with Crippen LogP contribution in [0.25, 0.3) is 32.1 Å². The fourth-order valence-corrected chi connectivity index (χ4v) is 6.66. The Bertz CT molecular complexity index is 2050. The number of nitrogens with zero attached hydrogens (tertiary/aromatic N) is 5. The molecule has 9 nitrogen and oxygen atoms in total. The third kappa shape index (κ3) is 4.30. The highest BCUT2D eigenvalue weighted by atomic mass is 35.5. The van der Waals surface area contributed by atoms with Crippen molar-refractivity contribution in [2.75, 3.05) is 36.6 Å². The molecule has 6 rings (SSSR count). The number of methoxy groups -OCH3 is 1. The topological polar surface area (TPSA) is 136 Å². The molecule has 1 aliphatic heterocycles. The number of ether oxygens (including phenoxy) is 2. The van der Waals surface area contributed by atoms with E-state index in [1.54, 1.807) is 0 Å². The number of pyridine rings is 1. The zero-order valence-electron chi connectivity index (χ0n) is 22.7. The molecule has 4 heterocycles. The first-order valence-corrected chi connectivity index (χ1v) is 14.0. The van der Waals surface area contributed by atoms with Crippen molar-refractivity contribution >= 4 is 60.6 Å². The van der Waals surface area contributed by atoms with Crippen LogP contribution in [0.1, 0.15) is 17.2 Å². The Morgan fingerprint density at radius 1 is 1.25 bits per heavy atom. The molecule has 3 aromatic heterocycles. The van der Waals surface area contributed by atoms with Gasteiger partial charge in [-0.2, -0.15) is 24.0 Å². The Hall–Kier alpha value is -4.87. The number of anilines is 3. The number of rotatable bonds is 6. The average Bonchev–Trinajstić information content (AvgIpc) is 3.24. The molecule has 0 spiro atoms. The monoisotopic (exact) mass is 641 g/mol. The lowest BCUT2D eigenvalue weighted by Gasteiger charge is -2.36. The molecule has 1 atom stereocenters. The molecule has 1 aliphatic rings. The summed E-state index contributed by atoms with van der Waals surface area (Å²) in [5, 5.41) is 9.48. The summed E-state index contributed by atoms with van der Waals surface area (Å²) in [6.45, 7) is 2.90. The maximum atomic E-state index is 16.8. The molecule has 0 saturated heterocycles. The SMILES string of the molecule is C=CC(F)(F)C(c1cccnc1N)N1CCOc2c(Cl)c(-c3ccc(F)c4sc(N)c(C#N)c34)c(F)c3nc(OC)nc1c23. The van der Waals surface area contributed by atoms with E-state index in [0.717, 1.165) is 17.4 Å². The van der Waals surface area contributed by atoms with Gasteiger partial charge in [0.05, 0.1) is 34.3 Å². The number of nitriles is 1. The molecule has 44 heavy (non-hydrogen) atoms. The lowest BCUT2D eigenvalue weighted by molar-refractivity contribution is 0.0222. The summed E-state index contributed by atoms with van der Waals surface area (Å²) in [7, 11) is 1.23. The summed E-state index contributed by atoms with van der Waals surface area (Å²) in [5.74, 6) is -5.73. The first-order chi connectivity index (χ1) is 21.0. The Morgan fingerprint density at radius 3 is 2.70 bits per heavy atom. The summed E-state index contributed by atoms with van der Waals surface area (Å²) >= 11 is 7.67. The van der Waals surface area contributed by atoms with Crippen LogP contribution in [0, 0.1) is 23.0 Å². The molecule has 0 radical (unpaired) electrons. The fourth-order valence-electron chi connectivity index (χ4n) is 5.37. The van der Waals surface area contributed by atoms with Crippen LogP contribution in [0.5, 0.6) is 11.8 Å². The quantitative estimate of drug-likeness (QED) is 0.154. The van der Waals surface area contributed by atoms with Crippen LogP contribution >= 0.6 is 22.9 Å². The van der Waals surface area contributed by atoms with Crippen LogP contribution in [0.2, 0.25) is 5.02 Å². The minimum Gasteiger partial charge on any atom is -0.489 e. The highest BCUT2D eigenvalue weighted by molar-refractivity contribution is 7.23. The molecular weight excluding hydrogens is 622 g/mol. The van der Waals surface area contributed by atoms with Gasteiger partial charge in [-0.05, 0) is 23.8 Å². The Balaban J connectivity index is 1.71. The normalized spacial score (nSPS) is 13.8. The summed E-state index contributed by atoms with van der Waals surface area (Å²) in [5.41, 5.74) is 11.3. The number of fused-ring (bicyclic) bond motifs is 1. The lowest BCUT2D eigenvalue weighted by Crippen LogP contribution is -2.42. The molecule has 15 heteroatoms. The van der Waals surface area contributed by atoms with E-state index in [9.17, 15) is 9.65 Å². The molecular formula is C29H20ClF4N7O2S. The van der Waals surface area contributed by atoms with Gasteiger partial charge in [-0.25, -0.2) is 13.8 Å². The van der Waals surface area contributed by atoms with E-state index in [-0.39, 0.29) is 89.8 Å². The van der Waals surface area contributed by atoms with Crippen molar-refractivity contribution < 1.29 is 27.0 Å². The number of hydrogen-bond acceptors (Lipinski definition) is 10. The molecule has 0 fully saturated rings. The summed E-state index contributed by atoms with van der Waals surface area (Å²) < 4.78 is 74.3. The van der Waals surface area contributed by atoms with Gasteiger partial charge in [0.2, 0.25) is 0 Å². The van der Waals surface area contributed by atoms with E-state index in [1.807, 2.05) is 6.07 Å². The van der Waals surface area contributed by atoms with E-state index >= 15 is 13.2 Å². The van der Waals surface area contributed by atoms with Gasteiger partial charge in [-0.3, -0.25) is 0 Å². The number of nitrogens with two attached hydrogens (primary N) is 2. The van der Waals surface area contributed by atoms with Gasteiger partial charge < -0.3 is 25.8 Å². The van der Waals surface area contributed by atoms with Crippen molar-refractivity contribution in [2.24, 2.45) is 0 Å². The van der Waals surface area contributed by atoms with Crippen molar-refractivity contribution in [3.63, 3.8) is 0 Å². The predicted octanol–water partition coefficient (Wildman–Crippen LogP) is 6.64. The molecule has 0 bridgehead atoms. The number of hydrogen-bond donors (Lipinski definition) is 2. The number of benzene rings is 2. The second-order valence-electron chi connectivity index (χ2n) is 9.64. The zero-order chi connectivity index (χ0) is 31.5. The van der Waals surface area contributed by atoms with Crippen LogP contribution < -0.4 is 25.8 Å². The molecule has 224 valence electrons. The number of alkyl halides is 2. The summed E-state index contributed by atoms with van der Waals surface area (Å²) in [6, 6.07) is 4.99. The average molecular weight is 642 g/mol. The van der Waals surface area contributed by atoms with Gasteiger partial charge in [-0.15, -0.1) is 11.3 Å². The first kappa shape index (κ1) is 29.2. The van der Waals surface area contributed by atoms with Crippen molar-refractivity contribution in [2.45, 2.75) is 12.0 Å². The van der Waals surface area contributed by atoms with Gasteiger partial charge in [0, 0.05) is 22.7 Å². The molecule has 0 saturated carbocycles. The largest absolute Gasteiger partial charge is 0.489 e. The maximum absolute atomic E-state index is 16.8. The first-order valence-electron chi connectivity index (χ1n) is 12.8. The third-order valence-corrected chi connectivity index (χ3v) is 8.68. The van der Waals surface area contributed by atoms with E-state index in [0.29, 0.717) is 6.08 Å². The molecule has 0 aliphatic carbocycles. The van der Waals surface area contributed by atoms with Crippen molar-refractivity contribution in [1.29, 1.82) is 5.26 Å². The highest BCUT2D eigenvalue weighted by Gasteiger charge is 2.45.